The third kappa shape index (κ3) is 5.39. The van der Waals surface area contributed by atoms with Crippen LogP contribution in [0.2, 0.25) is 10.0 Å². The Morgan fingerprint density at radius 3 is 2.62 bits per heavy atom. The zero-order valence-corrected chi connectivity index (χ0v) is 17.5. The van der Waals surface area contributed by atoms with Crippen molar-refractivity contribution in [2.75, 3.05) is 6.54 Å². The molecule has 26 heavy (non-hydrogen) atoms. The molecule has 0 fully saturated rings. The molecule has 0 saturated heterocycles. The number of hydrogen-bond acceptors (Lipinski definition) is 2. The number of halogens is 2. The summed E-state index contributed by atoms with van der Waals surface area (Å²) in [6, 6.07) is 5.69. The van der Waals surface area contributed by atoms with E-state index in [4.69, 9.17) is 23.2 Å². The first-order chi connectivity index (χ1) is 12.3. The van der Waals surface area contributed by atoms with E-state index < -0.39 is 0 Å². The average Bonchev–Trinajstić information content (AvgIpc) is 2.80. The summed E-state index contributed by atoms with van der Waals surface area (Å²) < 4.78 is 1.93. The molecule has 0 amide bonds. The summed E-state index contributed by atoms with van der Waals surface area (Å²) in [5.74, 6) is 0.769. The highest BCUT2D eigenvalue weighted by Crippen LogP contribution is 2.21. The summed E-state index contributed by atoms with van der Waals surface area (Å²) in [6.45, 7) is 9.63. The van der Waals surface area contributed by atoms with Crippen molar-refractivity contribution < 1.29 is 0 Å². The van der Waals surface area contributed by atoms with Gasteiger partial charge in [0.15, 0.2) is 5.96 Å². The number of aliphatic imine (C=N–C) groups is 1. The quantitative estimate of drug-likeness (QED) is 0.573. The fourth-order valence-corrected chi connectivity index (χ4v) is 3.31. The summed E-state index contributed by atoms with van der Waals surface area (Å²) in [6.07, 6.45) is 0.887. The fourth-order valence-electron chi connectivity index (χ4n) is 2.84. The molecular weight excluding hydrogens is 369 g/mol. The Labute approximate surface area is 165 Å². The van der Waals surface area contributed by atoms with E-state index >= 15 is 0 Å². The topological polar surface area (TPSA) is 54.2 Å². The van der Waals surface area contributed by atoms with Gasteiger partial charge in [-0.05, 0) is 57.4 Å². The van der Waals surface area contributed by atoms with Gasteiger partial charge in [0.1, 0.15) is 0 Å². The fraction of sp³-hybridized carbons (Fsp3) is 0.474. The van der Waals surface area contributed by atoms with E-state index in [1.807, 2.05) is 30.8 Å². The van der Waals surface area contributed by atoms with Crippen molar-refractivity contribution in [3.05, 3.63) is 50.8 Å². The lowest BCUT2D eigenvalue weighted by Crippen LogP contribution is -2.43. The minimum Gasteiger partial charge on any atom is -0.357 e. The number of hydrogen-bond donors (Lipinski definition) is 2. The van der Waals surface area contributed by atoms with Crippen molar-refractivity contribution in [2.24, 2.45) is 12.0 Å². The summed E-state index contributed by atoms with van der Waals surface area (Å²) in [5.41, 5.74) is 4.50. The van der Waals surface area contributed by atoms with Gasteiger partial charge in [-0.25, -0.2) is 4.99 Å². The maximum absolute atomic E-state index is 6.24. The smallest absolute Gasteiger partial charge is 0.191 e. The molecule has 2 rings (SSSR count). The second-order valence-corrected chi connectivity index (χ2v) is 7.30. The van der Waals surface area contributed by atoms with Crippen LogP contribution in [-0.2, 0) is 20.0 Å². The van der Waals surface area contributed by atoms with Crippen LogP contribution >= 0.6 is 23.2 Å². The Bertz CT molecular complexity index is 782. The highest BCUT2D eigenvalue weighted by Gasteiger charge is 2.14. The van der Waals surface area contributed by atoms with Crippen LogP contribution in [-0.4, -0.2) is 28.3 Å². The molecule has 5 nitrogen and oxygen atoms in total. The number of guanidine groups is 1. The van der Waals surface area contributed by atoms with Crippen LogP contribution in [0.5, 0.6) is 0 Å². The molecule has 2 aromatic rings. The van der Waals surface area contributed by atoms with Crippen molar-refractivity contribution in [3.8, 4) is 0 Å². The van der Waals surface area contributed by atoms with Crippen molar-refractivity contribution in [1.29, 1.82) is 0 Å². The van der Waals surface area contributed by atoms with Gasteiger partial charge >= 0.3 is 0 Å². The lowest BCUT2D eigenvalue weighted by Gasteiger charge is -2.18. The highest BCUT2D eigenvalue weighted by molar-refractivity contribution is 6.35. The first-order valence-corrected chi connectivity index (χ1v) is 9.55. The Hall–Kier alpha value is -1.72. The zero-order chi connectivity index (χ0) is 19.3. The molecule has 1 aromatic carbocycles. The van der Waals surface area contributed by atoms with Crippen LogP contribution < -0.4 is 10.6 Å². The predicted molar refractivity (Wildman–Crippen MR) is 110 cm³/mol. The van der Waals surface area contributed by atoms with Gasteiger partial charge in [-0.2, -0.15) is 5.10 Å². The highest BCUT2D eigenvalue weighted by atomic mass is 35.5. The van der Waals surface area contributed by atoms with Gasteiger partial charge in [0.05, 0.1) is 12.2 Å². The number of aryl methyl sites for hydroxylation is 2. The van der Waals surface area contributed by atoms with E-state index in [9.17, 15) is 0 Å². The van der Waals surface area contributed by atoms with Crippen LogP contribution in [0.3, 0.4) is 0 Å². The first-order valence-electron chi connectivity index (χ1n) is 8.79. The molecule has 1 unspecified atom stereocenters. The molecule has 0 aliphatic heterocycles. The van der Waals surface area contributed by atoms with Crippen LogP contribution in [0.15, 0.2) is 23.2 Å². The van der Waals surface area contributed by atoms with Crippen molar-refractivity contribution in [3.63, 3.8) is 0 Å². The van der Waals surface area contributed by atoms with Crippen molar-refractivity contribution >= 4 is 29.2 Å². The molecule has 0 aliphatic rings. The standard InChI is InChI=1S/C19H27Cl2N5/c1-6-22-19(23-11-15-7-8-16(20)10-18(15)21)24-12(2)9-17-13(3)25-26(5)14(17)4/h7-8,10,12H,6,9,11H2,1-5H3,(H2,22,23,24). The number of nitrogens with zero attached hydrogens (tertiary/aromatic N) is 3. The molecule has 0 saturated carbocycles. The lowest BCUT2D eigenvalue weighted by atomic mass is 10.1. The van der Waals surface area contributed by atoms with Gasteiger partial charge < -0.3 is 10.6 Å². The largest absolute Gasteiger partial charge is 0.357 e. The van der Waals surface area contributed by atoms with Crippen LogP contribution in [0.4, 0.5) is 0 Å². The van der Waals surface area contributed by atoms with Gasteiger partial charge in [-0.3, -0.25) is 4.68 Å². The maximum Gasteiger partial charge on any atom is 0.191 e. The maximum atomic E-state index is 6.24. The molecule has 1 aromatic heterocycles. The average molecular weight is 396 g/mol. The second kappa shape index (κ2) is 9.28. The normalized spacial score (nSPS) is 13.0. The van der Waals surface area contributed by atoms with Gasteiger partial charge in [0.25, 0.3) is 0 Å². The number of benzene rings is 1. The monoisotopic (exact) mass is 395 g/mol. The molecule has 1 heterocycles. The summed E-state index contributed by atoms with van der Waals surface area (Å²) >= 11 is 12.2. The van der Waals surface area contributed by atoms with Crippen LogP contribution in [0, 0.1) is 13.8 Å². The third-order valence-electron chi connectivity index (χ3n) is 4.32. The molecule has 0 radical (unpaired) electrons. The van der Waals surface area contributed by atoms with Gasteiger partial charge in [-0.15, -0.1) is 0 Å². The molecular formula is C19H27Cl2N5. The summed E-state index contributed by atoms with van der Waals surface area (Å²) in [4.78, 5) is 4.65. The van der Waals surface area contributed by atoms with Gasteiger partial charge in [0, 0.05) is 35.4 Å². The van der Waals surface area contributed by atoms with Crippen LogP contribution in [0.25, 0.3) is 0 Å². The second-order valence-electron chi connectivity index (χ2n) is 6.45. The number of rotatable bonds is 6. The van der Waals surface area contributed by atoms with E-state index in [1.165, 1.54) is 11.3 Å². The van der Waals surface area contributed by atoms with Crippen molar-refractivity contribution in [2.45, 2.75) is 46.7 Å². The number of nitrogens with one attached hydrogen (secondary N) is 2. The van der Waals surface area contributed by atoms with Crippen molar-refractivity contribution in [1.82, 2.24) is 20.4 Å². The minimum atomic E-state index is 0.218. The molecule has 7 heteroatoms. The van der Waals surface area contributed by atoms with E-state index in [0.717, 1.165) is 30.2 Å². The van der Waals surface area contributed by atoms with E-state index in [-0.39, 0.29) is 6.04 Å². The van der Waals surface area contributed by atoms with Crippen LogP contribution in [0.1, 0.15) is 36.4 Å². The third-order valence-corrected chi connectivity index (χ3v) is 4.91. The predicted octanol–water partition coefficient (Wildman–Crippen LogP) is 4.03. The molecule has 2 N–H and O–H groups in total. The molecule has 1 atom stereocenters. The molecule has 0 aliphatic carbocycles. The van der Waals surface area contributed by atoms with E-state index in [0.29, 0.717) is 16.6 Å². The lowest BCUT2D eigenvalue weighted by molar-refractivity contribution is 0.636. The zero-order valence-electron chi connectivity index (χ0n) is 16.0. The Balaban J connectivity index is 2.06. The molecule has 0 spiro atoms. The SMILES string of the molecule is CCNC(=NCc1ccc(Cl)cc1Cl)NC(C)Cc1c(C)nn(C)c1C. The number of aromatic nitrogens is 2. The Kier molecular flexibility index (Phi) is 7.35. The van der Waals surface area contributed by atoms with E-state index in [2.05, 4.69) is 41.5 Å². The van der Waals surface area contributed by atoms with Gasteiger partial charge in [0.2, 0.25) is 0 Å². The summed E-state index contributed by atoms with van der Waals surface area (Å²) in [5, 5.41) is 12.5. The Morgan fingerprint density at radius 2 is 2.04 bits per heavy atom. The Morgan fingerprint density at radius 1 is 1.31 bits per heavy atom. The molecule has 142 valence electrons. The minimum absolute atomic E-state index is 0.218. The molecule has 0 bridgehead atoms. The van der Waals surface area contributed by atoms with E-state index in [1.54, 1.807) is 6.07 Å². The van der Waals surface area contributed by atoms with Gasteiger partial charge in [-0.1, -0.05) is 29.3 Å². The first kappa shape index (κ1) is 20.6. The summed E-state index contributed by atoms with van der Waals surface area (Å²) in [7, 11) is 1.98.